The normalized spacial score (nSPS) is 10.9. The lowest BCUT2D eigenvalue weighted by Gasteiger charge is -2.09. The zero-order valence-electron chi connectivity index (χ0n) is 14.9. The molecule has 0 aromatic heterocycles. The highest BCUT2D eigenvalue weighted by molar-refractivity contribution is 5.96. The van der Waals surface area contributed by atoms with Crippen molar-refractivity contribution in [3.8, 4) is 0 Å². The number of amides is 3. The molecule has 2 aromatic rings. The van der Waals surface area contributed by atoms with Gasteiger partial charge in [-0.3, -0.25) is 14.4 Å². The maximum atomic E-state index is 12.5. The second-order valence-electron chi connectivity index (χ2n) is 5.85. The Balaban J connectivity index is 1.78. The van der Waals surface area contributed by atoms with Crippen LogP contribution in [-0.4, -0.2) is 30.8 Å². The average Bonchev–Trinajstić information content (AvgIpc) is 2.64. The number of hydrogen-bond donors (Lipinski definition) is 3. The van der Waals surface area contributed by atoms with E-state index in [0.29, 0.717) is 11.3 Å². The molecule has 0 radical (unpaired) electrons. The number of anilines is 1. The van der Waals surface area contributed by atoms with Crippen LogP contribution in [0.1, 0.15) is 33.2 Å². The van der Waals surface area contributed by atoms with Crippen LogP contribution in [0.2, 0.25) is 0 Å². The Morgan fingerprint density at radius 1 is 0.786 bits per heavy atom. The van der Waals surface area contributed by atoms with E-state index in [2.05, 4.69) is 16.0 Å². The van der Waals surface area contributed by atoms with Crippen LogP contribution in [0, 0.1) is 0 Å². The first kappa shape index (κ1) is 20.9. The molecular formula is C19H18F3N3O3. The Hall–Kier alpha value is -3.36. The third-order valence-electron chi connectivity index (χ3n) is 3.64. The van der Waals surface area contributed by atoms with Crippen molar-refractivity contribution in [2.75, 3.05) is 18.4 Å². The predicted molar refractivity (Wildman–Crippen MR) is 96.9 cm³/mol. The van der Waals surface area contributed by atoms with E-state index in [1.54, 1.807) is 24.3 Å². The van der Waals surface area contributed by atoms with Crippen LogP contribution in [0.4, 0.5) is 18.9 Å². The molecule has 2 rings (SSSR count). The molecule has 0 atom stereocenters. The molecule has 0 unspecified atom stereocenters. The van der Waals surface area contributed by atoms with Gasteiger partial charge in [-0.25, -0.2) is 0 Å². The van der Waals surface area contributed by atoms with Crippen LogP contribution in [-0.2, 0) is 11.0 Å². The molecule has 148 valence electrons. The number of rotatable bonds is 6. The first-order valence-corrected chi connectivity index (χ1v) is 8.28. The first-order valence-electron chi connectivity index (χ1n) is 8.28. The molecule has 28 heavy (non-hydrogen) atoms. The highest BCUT2D eigenvalue weighted by Crippen LogP contribution is 2.29. The van der Waals surface area contributed by atoms with Crippen molar-refractivity contribution in [2.24, 2.45) is 0 Å². The number of halogens is 3. The molecule has 0 aliphatic heterocycles. The second kappa shape index (κ2) is 9.03. The zero-order chi connectivity index (χ0) is 20.7. The summed E-state index contributed by atoms with van der Waals surface area (Å²) in [6, 6.07) is 10.1. The summed E-state index contributed by atoms with van der Waals surface area (Å²) in [6.45, 7) is 1.62. The Labute approximate surface area is 159 Å². The summed E-state index contributed by atoms with van der Waals surface area (Å²) in [5.41, 5.74) is 0.199. The van der Waals surface area contributed by atoms with Gasteiger partial charge in [0.15, 0.2) is 0 Å². The van der Waals surface area contributed by atoms with Crippen molar-refractivity contribution < 1.29 is 27.6 Å². The summed E-state index contributed by atoms with van der Waals surface area (Å²) in [4.78, 5) is 34.9. The zero-order valence-corrected chi connectivity index (χ0v) is 14.9. The minimum absolute atomic E-state index is 0.0906. The van der Waals surface area contributed by atoms with E-state index in [1.807, 2.05) is 0 Å². The molecule has 3 N–H and O–H groups in total. The lowest BCUT2D eigenvalue weighted by molar-refractivity contribution is -0.137. The highest BCUT2D eigenvalue weighted by atomic mass is 19.4. The monoisotopic (exact) mass is 393 g/mol. The topological polar surface area (TPSA) is 87.3 Å². The first-order chi connectivity index (χ1) is 13.2. The maximum absolute atomic E-state index is 12.5. The predicted octanol–water partition coefficient (Wildman–Crippen LogP) is 2.82. The number of carbonyl (C=O) groups excluding carboxylic acids is 3. The molecule has 2 aromatic carbocycles. The molecule has 0 aliphatic carbocycles. The summed E-state index contributed by atoms with van der Waals surface area (Å²) in [6.07, 6.45) is -4.46. The van der Waals surface area contributed by atoms with Gasteiger partial charge in [0.2, 0.25) is 5.91 Å². The molecule has 0 saturated heterocycles. The summed E-state index contributed by atoms with van der Waals surface area (Å²) in [5, 5.41) is 7.70. The van der Waals surface area contributed by atoms with Crippen LogP contribution in [0.15, 0.2) is 48.5 Å². The van der Waals surface area contributed by atoms with Crippen LogP contribution >= 0.6 is 0 Å². The summed E-state index contributed by atoms with van der Waals surface area (Å²) >= 11 is 0. The van der Waals surface area contributed by atoms with Crippen molar-refractivity contribution >= 4 is 23.4 Å². The Bertz CT molecular complexity index is 847. The van der Waals surface area contributed by atoms with E-state index >= 15 is 0 Å². The standard InChI is InChI=1S/C19H18F3N3O3/c1-12(26)25-16-8-4-14(5-9-16)18(28)24-11-10-23-17(27)13-2-6-15(7-3-13)19(20,21)22/h2-9H,10-11H2,1H3,(H,23,27)(H,24,28)(H,25,26). The fraction of sp³-hybridized carbons (Fsp3) is 0.211. The van der Waals surface area contributed by atoms with Gasteiger partial charge < -0.3 is 16.0 Å². The summed E-state index contributed by atoms with van der Waals surface area (Å²) in [7, 11) is 0. The molecule has 0 saturated carbocycles. The maximum Gasteiger partial charge on any atom is 0.416 e. The van der Waals surface area contributed by atoms with Crippen LogP contribution in [0.3, 0.4) is 0 Å². The van der Waals surface area contributed by atoms with E-state index in [4.69, 9.17) is 0 Å². The Morgan fingerprint density at radius 2 is 1.21 bits per heavy atom. The minimum Gasteiger partial charge on any atom is -0.350 e. The van der Waals surface area contributed by atoms with Crippen molar-refractivity contribution in [1.29, 1.82) is 0 Å². The fourth-order valence-electron chi connectivity index (χ4n) is 2.27. The van der Waals surface area contributed by atoms with E-state index in [-0.39, 0.29) is 30.5 Å². The number of alkyl halides is 3. The Kier molecular flexibility index (Phi) is 6.75. The molecule has 0 bridgehead atoms. The largest absolute Gasteiger partial charge is 0.416 e. The van der Waals surface area contributed by atoms with Gasteiger partial charge in [0, 0.05) is 36.8 Å². The molecule has 9 heteroatoms. The molecule has 0 aliphatic rings. The van der Waals surface area contributed by atoms with Gasteiger partial charge in [-0.2, -0.15) is 13.2 Å². The minimum atomic E-state index is -4.46. The van der Waals surface area contributed by atoms with Crippen LogP contribution in [0.5, 0.6) is 0 Å². The average molecular weight is 393 g/mol. The molecule has 6 nitrogen and oxygen atoms in total. The molecular weight excluding hydrogens is 375 g/mol. The lowest BCUT2D eigenvalue weighted by Crippen LogP contribution is -2.34. The summed E-state index contributed by atoms with van der Waals surface area (Å²) < 4.78 is 37.5. The second-order valence-corrected chi connectivity index (χ2v) is 5.85. The van der Waals surface area contributed by atoms with Crippen LogP contribution in [0.25, 0.3) is 0 Å². The van der Waals surface area contributed by atoms with Gasteiger partial charge >= 0.3 is 6.18 Å². The lowest BCUT2D eigenvalue weighted by atomic mass is 10.1. The van der Waals surface area contributed by atoms with Crippen molar-refractivity contribution in [3.05, 3.63) is 65.2 Å². The smallest absolute Gasteiger partial charge is 0.350 e. The third kappa shape index (κ3) is 6.11. The molecule has 0 fully saturated rings. The molecule has 0 heterocycles. The molecule has 3 amide bonds. The van der Waals surface area contributed by atoms with E-state index in [0.717, 1.165) is 24.3 Å². The summed E-state index contributed by atoms with van der Waals surface area (Å²) in [5.74, 6) is -1.12. The number of carbonyl (C=O) groups is 3. The number of hydrogen-bond acceptors (Lipinski definition) is 3. The highest BCUT2D eigenvalue weighted by Gasteiger charge is 2.30. The van der Waals surface area contributed by atoms with Gasteiger partial charge in [0.05, 0.1) is 5.56 Å². The van der Waals surface area contributed by atoms with Gasteiger partial charge in [0.25, 0.3) is 11.8 Å². The third-order valence-corrected chi connectivity index (χ3v) is 3.64. The Morgan fingerprint density at radius 3 is 1.61 bits per heavy atom. The number of benzene rings is 2. The van der Waals surface area contributed by atoms with Gasteiger partial charge in [-0.1, -0.05) is 0 Å². The van der Waals surface area contributed by atoms with Gasteiger partial charge in [-0.15, -0.1) is 0 Å². The van der Waals surface area contributed by atoms with Gasteiger partial charge in [-0.05, 0) is 48.5 Å². The number of nitrogens with one attached hydrogen (secondary N) is 3. The van der Waals surface area contributed by atoms with Crippen molar-refractivity contribution in [3.63, 3.8) is 0 Å². The fourth-order valence-corrected chi connectivity index (χ4v) is 2.27. The SMILES string of the molecule is CC(=O)Nc1ccc(C(=O)NCCNC(=O)c2ccc(C(F)(F)F)cc2)cc1. The van der Waals surface area contributed by atoms with Crippen molar-refractivity contribution in [1.82, 2.24) is 10.6 Å². The van der Waals surface area contributed by atoms with Crippen LogP contribution < -0.4 is 16.0 Å². The van der Waals surface area contributed by atoms with E-state index < -0.39 is 17.6 Å². The quantitative estimate of drug-likeness (QED) is 0.660. The van der Waals surface area contributed by atoms with E-state index in [9.17, 15) is 27.6 Å². The molecule has 0 spiro atoms. The van der Waals surface area contributed by atoms with Gasteiger partial charge in [0.1, 0.15) is 0 Å². The van der Waals surface area contributed by atoms with Crippen molar-refractivity contribution in [2.45, 2.75) is 13.1 Å². The van der Waals surface area contributed by atoms with E-state index in [1.165, 1.54) is 6.92 Å².